The summed E-state index contributed by atoms with van der Waals surface area (Å²) in [5.74, 6) is 0. The summed E-state index contributed by atoms with van der Waals surface area (Å²) in [7, 11) is 0. The van der Waals surface area contributed by atoms with Crippen molar-refractivity contribution in [3.8, 4) is 0 Å². The van der Waals surface area contributed by atoms with Crippen LogP contribution >= 0.6 is 15.9 Å². The number of pyridine rings is 1. The molecule has 0 atom stereocenters. The number of aldehydes is 1. The van der Waals surface area contributed by atoms with Gasteiger partial charge in [0.1, 0.15) is 5.65 Å². The minimum absolute atomic E-state index is 0.616. The smallest absolute Gasteiger partial charge is 0.166 e. The summed E-state index contributed by atoms with van der Waals surface area (Å²) >= 11 is 3.46. The van der Waals surface area contributed by atoms with Gasteiger partial charge in [-0.2, -0.15) is 0 Å². The number of benzene rings is 1. The third kappa shape index (κ3) is 2.44. The van der Waals surface area contributed by atoms with E-state index in [9.17, 15) is 4.79 Å². The molecule has 3 nitrogen and oxygen atoms in total. The van der Waals surface area contributed by atoms with E-state index in [1.165, 1.54) is 5.56 Å². The lowest BCUT2D eigenvalue weighted by Crippen LogP contribution is -1.92. The SMILES string of the molecule is O=Cc1cccc2nc(Cc3cccc(Br)c3)cn12. The molecule has 0 radical (unpaired) electrons. The van der Waals surface area contributed by atoms with Gasteiger partial charge < -0.3 is 0 Å². The molecule has 3 aromatic rings. The number of hydrogen-bond donors (Lipinski definition) is 0. The number of carbonyl (C=O) groups excluding carboxylic acids is 1. The molecule has 2 aromatic heterocycles. The Kier molecular flexibility index (Phi) is 3.17. The van der Waals surface area contributed by atoms with Crippen LogP contribution in [0.2, 0.25) is 0 Å². The summed E-state index contributed by atoms with van der Waals surface area (Å²) in [4.78, 5) is 15.5. The molecule has 3 rings (SSSR count). The molecule has 0 amide bonds. The molecule has 0 aliphatic carbocycles. The van der Waals surface area contributed by atoms with Gasteiger partial charge in [-0.1, -0.05) is 34.1 Å². The van der Waals surface area contributed by atoms with Gasteiger partial charge in [0.05, 0.1) is 11.4 Å². The van der Waals surface area contributed by atoms with Crippen molar-refractivity contribution in [3.63, 3.8) is 0 Å². The minimum atomic E-state index is 0.616. The van der Waals surface area contributed by atoms with Crippen LogP contribution in [0.1, 0.15) is 21.7 Å². The highest BCUT2D eigenvalue weighted by molar-refractivity contribution is 9.10. The van der Waals surface area contributed by atoms with E-state index in [0.717, 1.165) is 28.5 Å². The van der Waals surface area contributed by atoms with Crippen LogP contribution < -0.4 is 0 Å². The summed E-state index contributed by atoms with van der Waals surface area (Å²) in [5, 5.41) is 0. The first-order chi connectivity index (χ1) is 9.26. The van der Waals surface area contributed by atoms with Crippen LogP contribution in [0.4, 0.5) is 0 Å². The molecule has 0 spiro atoms. The number of carbonyl (C=O) groups is 1. The summed E-state index contributed by atoms with van der Waals surface area (Å²) < 4.78 is 2.88. The van der Waals surface area contributed by atoms with E-state index in [1.807, 2.05) is 34.9 Å². The molecule has 0 saturated heterocycles. The van der Waals surface area contributed by atoms with Crippen molar-refractivity contribution in [2.45, 2.75) is 6.42 Å². The van der Waals surface area contributed by atoms with Gasteiger partial charge in [0.15, 0.2) is 6.29 Å². The van der Waals surface area contributed by atoms with Crippen molar-refractivity contribution < 1.29 is 4.79 Å². The van der Waals surface area contributed by atoms with Crippen LogP contribution in [0.15, 0.2) is 53.1 Å². The second-order valence-corrected chi connectivity index (χ2v) is 5.25. The largest absolute Gasteiger partial charge is 0.297 e. The van der Waals surface area contributed by atoms with E-state index in [2.05, 4.69) is 33.0 Å². The highest BCUT2D eigenvalue weighted by Crippen LogP contribution is 2.16. The van der Waals surface area contributed by atoms with E-state index in [1.54, 1.807) is 6.07 Å². The lowest BCUT2D eigenvalue weighted by atomic mass is 10.1. The Morgan fingerprint density at radius 1 is 1.21 bits per heavy atom. The lowest BCUT2D eigenvalue weighted by molar-refractivity contribution is 0.111. The normalized spacial score (nSPS) is 10.8. The van der Waals surface area contributed by atoms with E-state index in [-0.39, 0.29) is 0 Å². The number of halogens is 1. The maximum absolute atomic E-state index is 11.0. The lowest BCUT2D eigenvalue weighted by Gasteiger charge is -1.98. The fourth-order valence-corrected chi connectivity index (χ4v) is 2.57. The maximum Gasteiger partial charge on any atom is 0.166 e. The standard InChI is InChI=1S/C15H11BrN2O/c16-12-4-1-3-11(7-12)8-13-9-18-14(10-19)5-2-6-15(18)17-13/h1-7,9-10H,8H2. The van der Waals surface area contributed by atoms with E-state index >= 15 is 0 Å². The first kappa shape index (κ1) is 12.1. The van der Waals surface area contributed by atoms with Gasteiger partial charge in [-0.3, -0.25) is 9.20 Å². The van der Waals surface area contributed by atoms with Gasteiger partial charge in [-0.15, -0.1) is 0 Å². The van der Waals surface area contributed by atoms with Crippen LogP contribution in [0, 0.1) is 0 Å². The number of aromatic nitrogens is 2. The van der Waals surface area contributed by atoms with Crippen LogP contribution in [0.25, 0.3) is 5.65 Å². The first-order valence-corrected chi connectivity index (χ1v) is 6.72. The van der Waals surface area contributed by atoms with Gasteiger partial charge >= 0.3 is 0 Å². The summed E-state index contributed by atoms with van der Waals surface area (Å²) in [6.45, 7) is 0. The molecular formula is C15H11BrN2O. The Bertz CT molecular complexity index is 749. The van der Waals surface area contributed by atoms with Gasteiger partial charge in [0.25, 0.3) is 0 Å². The Labute approximate surface area is 119 Å². The molecule has 19 heavy (non-hydrogen) atoms. The summed E-state index contributed by atoms with van der Waals surface area (Å²) in [6, 6.07) is 13.7. The number of fused-ring (bicyclic) bond motifs is 1. The Morgan fingerprint density at radius 3 is 2.84 bits per heavy atom. The topological polar surface area (TPSA) is 34.4 Å². The number of rotatable bonds is 3. The molecular weight excluding hydrogens is 304 g/mol. The molecule has 0 bridgehead atoms. The fraction of sp³-hybridized carbons (Fsp3) is 0.0667. The predicted octanol–water partition coefficient (Wildman–Crippen LogP) is 3.50. The van der Waals surface area contributed by atoms with Crippen molar-refractivity contribution in [2.24, 2.45) is 0 Å². The monoisotopic (exact) mass is 314 g/mol. The van der Waals surface area contributed by atoms with Crippen molar-refractivity contribution in [1.82, 2.24) is 9.38 Å². The average molecular weight is 315 g/mol. The molecule has 0 aliphatic heterocycles. The zero-order chi connectivity index (χ0) is 13.2. The van der Waals surface area contributed by atoms with Gasteiger partial charge in [0.2, 0.25) is 0 Å². The van der Waals surface area contributed by atoms with Crippen LogP contribution in [-0.4, -0.2) is 15.7 Å². The third-order valence-electron chi connectivity index (χ3n) is 2.97. The molecule has 0 fully saturated rings. The summed E-state index contributed by atoms with van der Waals surface area (Å²) in [6.07, 6.45) is 3.51. The zero-order valence-corrected chi connectivity index (χ0v) is 11.7. The quantitative estimate of drug-likeness (QED) is 0.693. The van der Waals surface area contributed by atoms with E-state index in [0.29, 0.717) is 5.69 Å². The Balaban J connectivity index is 2.00. The minimum Gasteiger partial charge on any atom is -0.297 e. The highest BCUT2D eigenvalue weighted by Gasteiger charge is 2.05. The van der Waals surface area contributed by atoms with Gasteiger partial charge in [0, 0.05) is 17.1 Å². The number of nitrogens with zero attached hydrogens (tertiary/aromatic N) is 2. The average Bonchev–Trinajstić information content (AvgIpc) is 2.80. The molecule has 4 heteroatoms. The van der Waals surface area contributed by atoms with Crippen molar-refractivity contribution >= 4 is 27.9 Å². The van der Waals surface area contributed by atoms with Crippen LogP contribution in [-0.2, 0) is 6.42 Å². The van der Waals surface area contributed by atoms with Crippen molar-refractivity contribution in [2.75, 3.05) is 0 Å². The summed E-state index contributed by atoms with van der Waals surface area (Å²) in [5.41, 5.74) is 3.55. The molecule has 0 aliphatic rings. The number of imidazole rings is 1. The second kappa shape index (κ2) is 4.97. The van der Waals surface area contributed by atoms with E-state index < -0.39 is 0 Å². The number of hydrogen-bond acceptors (Lipinski definition) is 2. The predicted molar refractivity (Wildman–Crippen MR) is 77.5 cm³/mol. The molecule has 2 heterocycles. The van der Waals surface area contributed by atoms with Crippen molar-refractivity contribution in [3.05, 3.63) is 70.1 Å². The Morgan fingerprint density at radius 2 is 2.05 bits per heavy atom. The third-order valence-corrected chi connectivity index (χ3v) is 3.46. The zero-order valence-electron chi connectivity index (χ0n) is 10.1. The van der Waals surface area contributed by atoms with Crippen molar-refractivity contribution in [1.29, 1.82) is 0 Å². The molecule has 0 unspecified atom stereocenters. The Hall–Kier alpha value is -1.94. The molecule has 0 N–H and O–H groups in total. The van der Waals surface area contributed by atoms with Crippen LogP contribution in [0.5, 0.6) is 0 Å². The molecule has 1 aromatic carbocycles. The van der Waals surface area contributed by atoms with Crippen LogP contribution in [0.3, 0.4) is 0 Å². The highest BCUT2D eigenvalue weighted by atomic mass is 79.9. The van der Waals surface area contributed by atoms with E-state index in [4.69, 9.17) is 0 Å². The maximum atomic E-state index is 11.0. The first-order valence-electron chi connectivity index (χ1n) is 5.93. The van der Waals surface area contributed by atoms with Gasteiger partial charge in [-0.05, 0) is 29.8 Å². The van der Waals surface area contributed by atoms with Gasteiger partial charge in [-0.25, -0.2) is 4.98 Å². The molecule has 0 saturated carbocycles. The second-order valence-electron chi connectivity index (χ2n) is 4.34. The fourth-order valence-electron chi connectivity index (χ4n) is 2.12. The molecule has 94 valence electrons.